The number of piperazine rings is 1. The Morgan fingerprint density at radius 3 is 2.14 bits per heavy atom. The lowest BCUT2D eigenvalue weighted by Crippen LogP contribution is -2.46. The molecular formula is C24H43N3O. The number of benzene rings is 1. The van der Waals surface area contributed by atoms with Crippen molar-refractivity contribution in [1.82, 2.24) is 9.80 Å². The third-order valence-corrected chi connectivity index (χ3v) is 6.19. The van der Waals surface area contributed by atoms with Gasteiger partial charge >= 0.3 is 0 Å². The van der Waals surface area contributed by atoms with Crippen molar-refractivity contribution >= 4 is 5.69 Å². The second kappa shape index (κ2) is 12.5. The van der Waals surface area contributed by atoms with Gasteiger partial charge in [0.1, 0.15) is 0 Å². The second-order valence-corrected chi connectivity index (χ2v) is 8.85. The molecule has 160 valence electrons. The molecule has 4 nitrogen and oxygen atoms in total. The van der Waals surface area contributed by atoms with E-state index in [1.165, 1.54) is 50.1 Å². The average Bonchev–Trinajstić information content (AvgIpc) is 2.66. The van der Waals surface area contributed by atoms with E-state index in [9.17, 15) is 0 Å². The molecule has 0 radical (unpaired) electrons. The molecule has 4 heteroatoms. The highest BCUT2D eigenvalue weighted by Crippen LogP contribution is 2.25. The first-order chi connectivity index (χ1) is 13.5. The standard InChI is InChI=1S/C18H29N3.C6H14O/c1-3-20-11-13-21(14-12-20)18-9-7-16(8-10-18)15-19(2)17-5-4-6-17;1-6(2)4-3-5-7/h7-10,17H,3-6,11-15H2,1-2H3;6-7H,3-5H2,1-2H3. The molecule has 0 atom stereocenters. The molecule has 0 amide bonds. The van der Waals surface area contributed by atoms with Crippen molar-refractivity contribution < 1.29 is 5.11 Å². The van der Waals surface area contributed by atoms with Gasteiger partial charge in [-0.2, -0.15) is 0 Å². The first-order valence-electron chi connectivity index (χ1n) is 11.4. The van der Waals surface area contributed by atoms with E-state index in [2.05, 4.69) is 66.8 Å². The third kappa shape index (κ3) is 7.73. The molecule has 1 saturated heterocycles. The number of aliphatic hydroxyl groups is 1. The highest BCUT2D eigenvalue weighted by Gasteiger charge is 2.22. The van der Waals surface area contributed by atoms with Gasteiger partial charge in [-0.05, 0) is 62.9 Å². The zero-order valence-corrected chi connectivity index (χ0v) is 18.7. The van der Waals surface area contributed by atoms with E-state index in [0.717, 1.165) is 44.4 Å². The Morgan fingerprint density at radius 1 is 1.07 bits per heavy atom. The van der Waals surface area contributed by atoms with E-state index >= 15 is 0 Å². The molecule has 1 aliphatic carbocycles. The Hall–Kier alpha value is -1.10. The minimum Gasteiger partial charge on any atom is -0.396 e. The van der Waals surface area contributed by atoms with Crippen molar-refractivity contribution in [2.45, 2.75) is 65.5 Å². The highest BCUT2D eigenvalue weighted by molar-refractivity contribution is 5.48. The number of rotatable bonds is 8. The van der Waals surface area contributed by atoms with Crippen molar-refractivity contribution in [1.29, 1.82) is 0 Å². The van der Waals surface area contributed by atoms with Crippen LogP contribution in [0.1, 0.15) is 58.4 Å². The van der Waals surface area contributed by atoms with Gasteiger partial charge < -0.3 is 14.9 Å². The molecule has 1 saturated carbocycles. The summed E-state index contributed by atoms with van der Waals surface area (Å²) in [7, 11) is 2.27. The van der Waals surface area contributed by atoms with Gasteiger partial charge in [-0.25, -0.2) is 0 Å². The van der Waals surface area contributed by atoms with Crippen molar-refractivity contribution in [2.75, 3.05) is 51.3 Å². The highest BCUT2D eigenvalue weighted by atomic mass is 16.2. The van der Waals surface area contributed by atoms with Crippen LogP contribution in [0.3, 0.4) is 0 Å². The van der Waals surface area contributed by atoms with E-state index in [1.54, 1.807) is 0 Å². The SMILES string of the molecule is CC(C)CCCO.CCN1CCN(c2ccc(CN(C)C3CCC3)cc2)CC1. The summed E-state index contributed by atoms with van der Waals surface area (Å²) in [5.41, 5.74) is 2.83. The first kappa shape index (κ1) is 23.2. The van der Waals surface area contributed by atoms with Gasteiger partial charge in [0.05, 0.1) is 0 Å². The molecule has 28 heavy (non-hydrogen) atoms. The Kier molecular flexibility index (Phi) is 10.3. The monoisotopic (exact) mass is 389 g/mol. The number of aliphatic hydroxyl groups excluding tert-OH is 1. The molecule has 1 N–H and O–H groups in total. The number of hydrogen-bond acceptors (Lipinski definition) is 4. The van der Waals surface area contributed by atoms with Crippen molar-refractivity contribution in [2.24, 2.45) is 5.92 Å². The first-order valence-corrected chi connectivity index (χ1v) is 11.4. The molecular weight excluding hydrogens is 346 g/mol. The molecule has 2 fully saturated rings. The zero-order valence-electron chi connectivity index (χ0n) is 18.7. The Morgan fingerprint density at radius 2 is 1.71 bits per heavy atom. The summed E-state index contributed by atoms with van der Waals surface area (Å²) in [5.74, 6) is 0.743. The van der Waals surface area contributed by atoms with Crippen molar-refractivity contribution in [3.05, 3.63) is 29.8 Å². The smallest absolute Gasteiger partial charge is 0.0431 e. The van der Waals surface area contributed by atoms with Crippen LogP contribution >= 0.6 is 0 Å². The Balaban J connectivity index is 0.000000345. The van der Waals surface area contributed by atoms with Crippen molar-refractivity contribution in [3.8, 4) is 0 Å². The topological polar surface area (TPSA) is 30.0 Å². The van der Waals surface area contributed by atoms with Crippen LogP contribution in [-0.4, -0.2) is 67.3 Å². The Bertz CT molecular complexity index is 519. The van der Waals surface area contributed by atoms with Gasteiger partial charge in [-0.3, -0.25) is 4.90 Å². The predicted octanol–water partition coefficient (Wildman–Crippen LogP) is 4.23. The summed E-state index contributed by atoms with van der Waals surface area (Å²) < 4.78 is 0. The van der Waals surface area contributed by atoms with Gasteiger partial charge in [0.15, 0.2) is 0 Å². The molecule has 1 heterocycles. The molecule has 3 rings (SSSR count). The maximum Gasteiger partial charge on any atom is 0.0431 e. The van der Waals surface area contributed by atoms with Gasteiger partial charge in [0.25, 0.3) is 0 Å². The fourth-order valence-electron chi connectivity index (χ4n) is 3.88. The number of hydrogen-bond donors (Lipinski definition) is 1. The lowest BCUT2D eigenvalue weighted by molar-refractivity contribution is 0.152. The molecule has 1 aromatic carbocycles. The van der Waals surface area contributed by atoms with Crippen LogP contribution in [0.15, 0.2) is 24.3 Å². The second-order valence-electron chi connectivity index (χ2n) is 8.85. The Labute approximate surface area is 173 Å². The molecule has 0 spiro atoms. The fourth-order valence-corrected chi connectivity index (χ4v) is 3.88. The van der Waals surface area contributed by atoms with Crippen molar-refractivity contribution in [3.63, 3.8) is 0 Å². The number of nitrogens with zero attached hydrogens (tertiary/aromatic N) is 3. The largest absolute Gasteiger partial charge is 0.396 e. The maximum absolute atomic E-state index is 8.32. The molecule has 2 aliphatic rings. The summed E-state index contributed by atoms with van der Waals surface area (Å²) in [5, 5.41) is 8.32. The molecule has 1 aliphatic heterocycles. The number of likely N-dealkylation sites (N-methyl/N-ethyl adjacent to an activating group) is 1. The molecule has 0 bridgehead atoms. The van der Waals surface area contributed by atoms with Gasteiger partial charge in [-0.1, -0.05) is 39.3 Å². The van der Waals surface area contributed by atoms with Gasteiger partial charge in [0, 0.05) is 51.1 Å². The van der Waals surface area contributed by atoms with Gasteiger partial charge in [0.2, 0.25) is 0 Å². The van der Waals surface area contributed by atoms with Crippen LogP contribution in [-0.2, 0) is 6.54 Å². The molecule has 1 aromatic rings. The molecule has 0 unspecified atom stereocenters. The predicted molar refractivity (Wildman–Crippen MR) is 121 cm³/mol. The summed E-state index contributed by atoms with van der Waals surface area (Å²) in [4.78, 5) is 7.56. The molecule has 0 aromatic heterocycles. The van der Waals surface area contributed by atoms with Crippen LogP contribution < -0.4 is 4.90 Å². The van der Waals surface area contributed by atoms with Crippen LogP contribution in [0, 0.1) is 5.92 Å². The van der Waals surface area contributed by atoms with E-state index in [1.807, 2.05) is 0 Å². The van der Waals surface area contributed by atoms with Crippen LogP contribution in [0.25, 0.3) is 0 Å². The summed E-state index contributed by atoms with van der Waals surface area (Å²) >= 11 is 0. The normalized spacial score (nSPS) is 18.2. The summed E-state index contributed by atoms with van der Waals surface area (Å²) in [6, 6.07) is 10.1. The maximum atomic E-state index is 8.32. The van der Waals surface area contributed by atoms with E-state index in [0.29, 0.717) is 6.61 Å². The fraction of sp³-hybridized carbons (Fsp3) is 0.750. The quantitative estimate of drug-likeness (QED) is 0.721. The van der Waals surface area contributed by atoms with Crippen LogP contribution in [0.4, 0.5) is 5.69 Å². The minimum atomic E-state index is 0.345. The summed E-state index contributed by atoms with van der Waals surface area (Å²) in [6.07, 6.45) is 6.29. The minimum absolute atomic E-state index is 0.345. The lowest BCUT2D eigenvalue weighted by atomic mass is 9.91. The van der Waals surface area contributed by atoms with E-state index in [-0.39, 0.29) is 0 Å². The summed E-state index contributed by atoms with van der Waals surface area (Å²) in [6.45, 7) is 13.9. The van der Waals surface area contributed by atoms with Crippen LogP contribution in [0.5, 0.6) is 0 Å². The zero-order chi connectivity index (χ0) is 20.4. The van der Waals surface area contributed by atoms with Gasteiger partial charge in [-0.15, -0.1) is 0 Å². The lowest BCUT2D eigenvalue weighted by Gasteiger charge is -2.36. The van der Waals surface area contributed by atoms with E-state index < -0.39 is 0 Å². The van der Waals surface area contributed by atoms with E-state index in [4.69, 9.17) is 5.11 Å². The van der Waals surface area contributed by atoms with Crippen LogP contribution in [0.2, 0.25) is 0 Å². The number of anilines is 1. The average molecular weight is 390 g/mol. The third-order valence-electron chi connectivity index (χ3n) is 6.19.